The Kier molecular flexibility index (Phi) is 8.50. The molecule has 0 bridgehead atoms. The third kappa shape index (κ3) is 7.13. The maximum absolute atomic E-state index is 5.51. The van der Waals surface area contributed by atoms with Crippen molar-refractivity contribution in [1.29, 1.82) is 0 Å². The van der Waals surface area contributed by atoms with Crippen LogP contribution < -0.4 is 10.6 Å². The lowest BCUT2D eigenvalue weighted by atomic mass is 10.4. The highest BCUT2D eigenvalue weighted by Crippen LogP contribution is 2.08. The summed E-state index contributed by atoms with van der Waals surface area (Å²) in [6, 6.07) is 0. The van der Waals surface area contributed by atoms with E-state index in [1.165, 1.54) is 0 Å². The van der Waals surface area contributed by atoms with Crippen molar-refractivity contribution in [1.82, 2.24) is 15.6 Å². The summed E-state index contributed by atoms with van der Waals surface area (Å²) in [5, 5.41) is 6.42. The van der Waals surface area contributed by atoms with Gasteiger partial charge in [-0.2, -0.15) is 0 Å². The SMILES string of the molecule is CCCCOCCNC(=NCc1nc(C)c(C)o1)NCC. The number of aliphatic imine (C=N–C) groups is 1. The second-order valence-electron chi connectivity index (χ2n) is 4.84. The van der Waals surface area contributed by atoms with Crippen molar-refractivity contribution in [2.45, 2.75) is 47.1 Å². The molecule has 0 aliphatic carbocycles. The monoisotopic (exact) mass is 296 g/mol. The van der Waals surface area contributed by atoms with Crippen LogP contribution in [0.1, 0.15) is 44.0 Å². The Morgan fingerprint density at radius 1 is 1.24 bits per heavy atom. The lowest BCUT2D eigenvalue weighted by Gasteiger charge is -2.11. The first-order valence-electron chi connectivity index (χ1n) is 7.70. The topological polar surface area (TPSA) is 71.7 Å². The van der Waals surface area contributed by atoms with E-state index < -0.39 is 0 Å². The van der Waals surface area contributed by atoms with Crippen LogP contribution in [-0.2, 0) is 11.3 Å². The number of ether oxygens (including phenoxy) is 1. The van der Waals surface area contributed by atoms with Gasteiger partial charge in [0.15, 0.2) is 5.96 Å². The summed E-state index contributed by atoms with van der Waals surface area (Å²) in [5.74, 6) is 2.24. The van der Waals surface area contributed by atoms with Gasteiger partial charge in [-0.25, -0.2) is 9.98 Å². The highest BCUT2D eigenvalue weighted by molar-refractivity contribution is 5.79. The summed E-state index contributed by atoms with van der Waals surface area (Å²) < 4.78 is 11.0. The Bertz CT molecular complexity index is 410. The lowest BCUT2D eigenvalue weighted by Crippen LogP contribution is -2.39. The lowest BCUT2D eigenvalue weighted by molar-refractivity contribution is 0.136. The van der Waals surface area contributed by atoms with Crippen molar-refractivity contribution in [3.05, 3.63) is 17.3 Å². The largest absolute Gasteiger partial charge is 0.444 e. The van der Waals surface area contributed by atoms with E-state index >= 15 is 0 Å². The molecule has 0 spiro atoms. The van der Waals surface area contributed by atoms with E-state index in [0.29, 0.717) is 19.0 Å². The molecule has 21 heavy (non-hydrogen) atoms. The van der Waals surface area contributed by atoms with Gasteiger partial charge < -0.3 is 19.8 Å². The first kappa shape index (κ1) is 17.5. The molecule has 0 radical (unpaired) electrons. The number of aromatic nitrogens is 1. The summed E-state index contributed by atoms with van der Waals surface area (Å²) >= 11 is 0. The molecule has 0 saturated carbocycles. The molecule has 0 amide bonds. The normalized spacial score (nSPS) is 11.7. The van der Waals surface area contributed by atoms with Gasteiger partial charge in [-0.15, -0.1) is 0 Å². The van der Waals surface area contributed by atoms with Crippen LogP contribution in [-0.4, -0.2) is 37.2 Å². The Balaban J connectivity index is 2.35. The zero-order valence-corrected chi connectivity index (χ0v) is 13.7. The molecule has 0 aliphatic heterocycles. The molecular formula is C15H28N4O2. The van der Waals surface area contributed by atoms with E-state index in [1.54, 1.807) is 0 Å². The number of unbranched alkanes of at least 4 members (excludes halogenated alkanes) is 1. The van der Waals surface area contributed by atoms with Crippen LogP contribution in [0.5, 0.6) is 0 Å². The van der Waals surface area contributed by atoms with E-state index in [4.69, 9.17) is 9.15 Å². The van der Waals surface area contributed by atoms with Crippen LogP contribution in [0.25, 0.3) is 0 Å². The fourth-order valence-electron chi connectivity index (χ4n) is 1.69. The minimum atomic E-state index is 0.431. The molecule has 1 heterocycles. The van der Waals surface area contributed by atoms with Crippen LogP contribution >= 0.6 is 0 Å². The van der Waals surface area contributed by atoms with E-state index in [1.807, 2.05) is 20.8 Å². The molecule has 120 valence electrons. The standard InChI is InChI=1S/C15H28N4O2/c1-5-7-9-20-10-8-17-15(16-6-2)18-11-14-19-12(3)13(4)21-14/h5-11H2,1-4H3,(H2,16,17,18). The van der Waals surface area contributed by atoms with Crippen LogP contribution in [0.3, 0.4) is 0 Å². The maximum atomic E-state index is 5.51. The van der Waals surface area contributed by atoms with Crippen molar-refractivity contribution < 1.29 is 9.15 Å². The highest BCUT2D eigenvalue weighted by atomic mass is 16.5. The molecule has 2 N–H and O–H groups in total. The first-order valence-corrected chi connectivity index (χ1v) is 7.70. The molecule has 0 fully saturated rings. The van der Waals surface area contributed by atoms with Gasteiger partial charge in [-0.05, 0) is 27.2 Å². The Morgan fingerprint density at radius 2 is 2.05 bits per heavy atom. The molecule has 1 aromatic heterocycles. The van der Waals surface area contributed by atoms with Crippen molar-refractivity contribution in [3.63, 3.8) is 0 Å². The summed E-state index contributed by atoms with van der Waals surface area (Å²) in [6.45, 7) is 11.5. The predicted molar refractivity (Wildman–Crippen MR) is 84.5 cm³/mol. The molecule has 1 aromatic rings. The predicted octanol–water partition coefficient (Wildman–Crippen LogP) is 2.16. The molecule has 0 atom stereocenters. The molecular weight excluding hydrogens is 268 g/mol. The van der Waals surface area contributed by atoms with E-state index in [2.05, 4.69) is 27.5 Å². The van der Waals surface area contributed by atoms with Crippen molar-refractivity contribution >= 4 is 5.96 Å². The van der Waals surface area contributed by atoms with E-state index in [0.717, 1.165) is 50.0 Å². The number of hydrogen-bond donors (Lipinski definition) is 2. The number of aryl methyl sites for hydroxylation is 2. The third-order valence-electron chi connectivity index (χ3n) is 2.97. The van der Waals surface area contributed by atoms with Gasteiger partial charge in [0.2, 0.25) is 5.89 Å². The van der Waals surface area contributed by atoms with Gasteiger partial charge >= 0.3 is 0 Å². The van der Waals surface area contributed by atoms with Crippen LogP contribution in [0.15, 0.2) is 9.41 Å². The number of guanidine groups is 1. The number of hydrogen-bond acceptors (Lipinski definition) is 4. The smallest absolute Gasteiger partial charge is 0.216 e. The number of nitrogens with zero attached hydrogens (tertiary/aromatic N) is 2. The maximum Gasteiger partial charge on any atom is 0.216 e. The molecule has 6 nitrogen and oxygen atoms in total. The van der Waals surface area contributed by atoms with Gasteiger partial charge in [0, 0.05) is 19.7 Å². The first-order chi connectivity index (χ1) is 10.2. The quantitative estimate of drug-likeness (QED) is 0.415. The molecule has 1 rings (SSSR count). The Hall–Kier alpha value is -1.56. The summed E-state index contributed by atoms with van der Waals surface area (Å²) in [4.78, 5) is 8.77. The van der Waals surface area contributed by atoms with Crippen LogP contribution in [0.2, 0.25) is 0 Å². The Labute approximate surface area is 127 Å². The minimum Gasteiger partial charge on any atom is -0.444 e. The van der Waals surface area contributed by atoms with E-state index in [-0.39, 0.29) is 0 Å². The third-order valence-corrected chi connectivity index (χ3v) is 2.97. The van der Waals surface area contributed by atoms with Gasteiger partial charge in [0.1, 0.15) is 12.3 Å². The van der Waals surface area contributed by atoms with Crippen LogP contribution in [0.4, 0.5) is 0 Å². The second-order valence-corrected chi connectivity index (χ2v) is 4.84. The van der Waals surface area contributed by atoms with Crippen molar-refractivity contribution in [2.24, 2.45) is 4.99 Å². The average molecular weight is 296 g/mol. The number of rotatable bonds is 9. The Morgan fingerprint density at radius 3 is 2.67 bits per heavy atom. The minimum absolute atomic E-state index is 0.431. The van der Waals surface area contributed by atoms with Gasteiger partial charge in [-0.3, -0.25) is 0 Å². The summed E-state index contributed by atoms with van der Waals surface area (Å²) in [5.41, 5.74) is 0.919. The summed E-state index contributed by atoms with van der Waals surface area (Å²) in [6.07, 6.45) is 2.27. The molecule has 6 heteroatoms. The zero-order valence-electron chi connectivity index (χ0n) is 13.7. The van der Waals surface area contributed by atoms with Crippen molar-refractivity contribution in [3.8, 4) is 0 Å². The van der Waals surface area contributed by atoms with Gasteiger partial charge in [-0.1, -0.05) is 13.3 Å². The fourth-order valence-corrected chi connectivity index (χ4v) is 1.69. The highest BCUT2D eigenvalue weighted by Gasteiger charge is 2.05. The fraction of sp³-hybridized carbons (Fsp3) is 0.733. The zero-order chi connectivity index (χ0) is 15.5. The van der Waals surface area contributed by atoms with Crippen molar-refractivity contribution in [2.75, 3.05) is 26.3 Å². The average Bonchev–Trinajstić information content (AvgIpc) is 2.79. The van der Waals surface area contributed by atoms with E-state index in [9.17, 15) is 0 Å². The number of nitrogens with one attached hydrogen (secondary N) is 2. The van der Waals surface area contributed by atoms with Gasteiger partial charge in [0.05, 0.1) is 12.3 Å². The van der Waals surface area contributed by atoms with Gasteiger partial charge in [0.25, 0.3) is 0 Å². The summed E-state index contributed by atoms with van der Waals surface area (Å²) in [7, 11) is 0. The second kappa shape index (κ2) is 10.2. The molecule has 0 unspecified atom stereocenters. The molecule has 0 aromatic carbocycles. The van der Waals surface area contributed by atoms with Crippen LogP contribution in [0, 0.1) is 13.8 Å². The molecule has 0 saturated heterocycles. The molecule has 0 aliphatic rings. The number of oxazole rings is 1.